The molecule has 2 aliphatic rings. The van der Waals surface area contributed by atoms with Crippen LogP contribution < -0.4 is 10.9 Å². The molecule has 2 fully saturated rings. The van der Waals surface area contributed by atoms with E-state index in [0.717, 1.165) is 25.2 Å². The van der Waals surface area contributed by atoms with Gasteiger partial charge in [0.15, 0.2) is 0 Å². The molecule has 4 heteroatoms. The molecule has 90 valence electrons. The van der Waals surface area contributed by atoms with Gasteiger partial charge in [-0.05, 0) is 25.2 Å². The van der Waals surface area contributed by atoms with Crippen molar-refractivity contribution in [1.82, 2.24) is 10.9 Å². The van der Waals surface area contributed by atoms with Gasteiger partial charge in [0.05, 0.1) is 0 Å². The summed E-state index contributed by atoms with van der Waals surface area (Å²) in [6, 6.07) is 0. The second-order valence-electron chi connectivity index (χ2n) is 5.00. The molecule has 0 aromatic rings. The molecule has 0 saturated heterocycles. The Balaban J connectivity index is 1.54. The van der Waals surface area contributed by atoms with Crippen molar-refractivity contribution in [3.8, 4) is 0 Å². The predicted molar refractivity (Wildman–Crippen MR) is 60.2 cm³/mol. The van der Waals surface area contributed by atoms with E-state index in [1.807, 2.05) is 0 Å². The summed E-state index contributed by atoms with van der Waals surface area (Å²) in [6.07, 6.45) is 8.58. The van der Waals surface area contributed by atoms with Crippen LogP contribution in [0.4, 0.5) is 0 Å². The first-order chi connectivity index (χ1) is 7.75. The molecule has 0 atom stereocenters. The lowest BCUT2D eigenvalue weighted by Gasteiger charge is -2.09. The lowest BCUT2D eigenvalue weighted by molar-refractivity contribution is -0.129. The van der Waals surface area contributed by atoms with Gasteiger partial charge in [0.25, 0.3) is 0 Å². The lowest BCUT2D eigenvalue weighted by Crippen LogP contribution is -2.42. The van der Waals surface area contributed by atoms with E-state index in [-0.39, 0.29) is 17.7 Å². The van der Waals surface area contributed by atoms with E-state index in [0.29, 0.717) is 6.42 Å². The molecule has 2 amide bonds. The summed E-state index contributed by atoms with van der Waals surface area (Å²) in [5.74, 6) is 0.787. The maximum Gasteiger partial charge on any atom is 0.241 e. The van der Waals surface area contributed by atoms with Crippen molar-refractivity contribution in [3.63, 3.8) is 0 Å². The Morgan fingerprint density at radius 2 is 1.69 bits per heavy atom. The Bertz CT molecular complexity index is 268. The molecule has 0 unspecified atom stereocenters. The largest absolute Gasteiger partial charge is 0.273 e. The Morgan fingerprint density at radius 1 is 1.00 bits per heavy atom. The van der Waals surface area contributed by atoms with Crippen LogP contribution in [0.3, 0.4) is 0 Å². The van der Waals surface area contributed by atoms with Crippen molar-refractivity contribution >= 4 is 11.8 Å². The number of hydrazine groups is 1. The number of carbonyl (C=O) groups excluding carboxylic acids is 2. The van der Waals surface area contributed by atoms with Gasteiger partial charge in [-0.15, -0.1) is 0 Å². The third-order valence-electron chi connectivity index (χ3n) is 3.53. The van der Waals surface area contributed by atoms with Gasteiger partial charge >= 0.3 is 0 Å². The maximum atomic E-state index is 11.4. The SMILES string of the molecule is O=C(CCC1CCCC1)NNC(=O)C1CC1. The van der Waals surface area contributed by atoms with Crippen LogP contribution in [0, 0.1) is 11.8 Å². The molecular formula is C12H20N2O2. The predicted octanol–water partition coefficient (Wildman–Crippen LogP) is 1.51. The molecule has 2 saturated carbocycles. The zero-order valence-electron chi connectivity index (χ0n) is 9.63. The summed E-state index contributed by atoms with van der Waals surface area (Å²) in [6.45, 7) is 0. The summed E-state index contributed by atoms with van der Waals surface area (Å²) in [7, 11) is 0. The smallest absolute Gasteiger partial charge is 0.241 e. The Labute approximate surface area is 96.1 Å². The quantitative estimate of drug-likeness (QED) is 0.711. The first-order valence-corrected chi connectivity index (χ1v) is 6.34. The molecule has 0 bridgehead atoms. The van der Waals surface area contributed by atoms with Crippen LogP contribution in [0.1, 0.15) is 51.4 Å². The third kappa shape index (κ3) is 3.51. The van der Waals surface area contributed by atoms with Crippen molar-refractivity contribution < 1.29 is 9.59 Å². The molecule has 0 aromatic heterocycles. The van der Waals surface area contributed by atoms with Gasteiger partial charge in [0.1, 0.15) is 0 Å². The van der Waals surface area contributed by atoms with E-state index in [2.05, 4.69) is 10.9 Å². The highest BCUT2D eigenvalue weighted by Crippen LogP contribution is 2.29. The molecule has 0 heterocycles. The van der Waals surface area contributed by atoms with Crippen molar-refractivity contribution in [2.24, 2.45) is 11.8 Å². The first-order valence-electron chi connectivity index (χ1n) is 6.34. The molecule has 2 rings (SSSR count). The minimum atomic E-state index is -0.0547. The zero-order valence-corrected chi connectivity index (χ0v) is 9.63. The number of carbonyl (C=O) groups is 2. The molecule has 2 N–H and O–H groups in total. The van der Waals surface area contributed by atoms with Crippen LogP contribution in [-0.2, 0) is 9.59 Å². The lowest BCUT2D eigenvalue weighted by atomic mass is 10.0. The van der Waals surface area contributed by atoms with Crippen LogP contribution in [0.15, 0.2) is 0 Å². The van der Waals surface area contributed by atoms with E-state index in [4.69, 9.17) is 0 Å². The number of rotatable bonds is 4. The van der Waals surface area contributed by atoms with E-state index < -0.39 is 0 Å². The minimum Gasteiger partial charge on any atom is -0.273 e. The average Bonchev–Trinajstić information content (AvgIpc) is 3.01. The van der Waals surface area contributed by atoms with Crippen LogP contribution in [0.25, 0.3) is 0 Å². The standard InChI is InChI=1S/C12H20N2O2/c15-11(8-5-9-3-1-2-4-9)13-14-12(16)10-6-7-10/h9-10H,1-8H2,(H,13,15)(H,14,16). The molecular weight excluding hydrogens is 204 g/mol. The monoisotopic (exact) mass is 224 g/mol. The van der Waals surface area contributed by atoms with Gasteiger partial charge in [0.2, 0.25) is 11.8 Å². The zero-order chi connectivity index (χ0) is 11.4. The van der Waals surface area contributed by atoms with Gasteiger partial charge < -0.3 is 0 Å². The Morgan fingerprint density at radius 3 is 2.31 bits per heavy atom. The topological polar surface area (TPSA) is 58.2 Å². The molecule has 4 nitrogen and oxygen atoms in total. The number of hydrogen-bond donors (Lipinski definition) is 2. The van der Waals surface area contributed by atoms with Gasteiger partial charge in [-0.25, -0.2) is 0 Å². The minimum absolute atomic E-state index is 0.0331. The fraction of sp³-hybridized carbons (Fsp3) is 0.833. The normalized spacial score (nSPS) is 20.8. The Hall–Kier alpha value is -1.06. The summed E-state index contributed by atoms with van der Waals surface area (Å²) in [5.41, 5.74) is 4.97. The van der Waals surface area contributed by atoms with Crippen molar-refractivity contribution in [2.45, 2.75) is 51.4 Å². The Kier molecular flexibility index (Phi) is 3.80. The molecule has 0 aliphatic heterocycles. The van der Waals surface area contributed by atoms with Gasteiger partial charge in [-0.3, -0.25) is 20.4 Å². The summed E-state index contributed by atoms with van der Waals surface area (Å²) in [5, 5.41) is 0. The van der Waals surface area contributed by atoms with E-state index in [1.165, 1.54) is 25.7 Å². The number of hydrogen-bond acceptors (Lipinski definition) is 2. The van der Waals surface area contributed by atoms with Gasteiger partial charge in [-0.1, -0.05) is 25.7 Å². The highest BCUT2D eigenvalue weighted by atomic mass is 16.2. The molecule has 16 heavy (non-hydrogen) atoms. The van der Waals surface area contributed by atoms with Crippen LogP contribution in [0.2, 0.25) is 0 Å². The fourth-order valence-corrected chi connectivity index (χ4v) is 2.28. The van der Waals surface area contributed by atoms with Crippen LogP contribution in [-0.4, -0.2) is 11.8 Å². The van der Waals surface area contributed by atoms with E-state index in [9.17, 15) is 9.59 Å². The van der Waals surface area contributed by atoms with E-state index in [1.54, 1.807) is 0 Å². The second kappa shape index (κ2) is 5.32. The van der Waals surface area contributed by atoms with Crippen molar-refractivity contribution in [1.29, 1.82) is 0 Å². The number of amides is 2. The summed E-state index contributed by atoms with van der Waals surface area (Å²) >= 11 is 0. The van der Waals surface area contributed by atoms with Crippen LogP contribution in [0.5, 0.6) is 0 Å². The molecule has 0 spiro atoms. The first kappa shape index (κ1) is 11.4. The average molecular weight is 224 g/mol. The second-order valence-corrected chi connectivity index (χ2v) is 5.00. The highest BCUT2D eigenvalue weighted by molar-refractivity contribution is 5.84. The van der Waals surface area contributed by atoms with E-state index >= 15 is 0 Å². The van der Waals surface area contributed by atoms with Gasteiger partial charge in [-0.2, -0.15) is 0 Å². The maximum absolute atomic E-state index is 11.4. The molecule has 0 radical (unpaired) electrons. The third-order valence-corrected chi connectivity index (χ3v) is 3.53. The van der Waals surface area contributed by atoms with Crippen LogP contribution >= 0.6 is 0 Å². The van der Waals surface area contributed by atoms with Crippen molar-refractivity contribution in [2.75, 3.05) is 0 Å². The van der Waals surface area contributed by atoms with Gasteiger partial charge in [0, 0.05) is 12.3 Å². The number of nitrogens with one attached hydrogen (secondary N) is 2. The molecule has 2 aliphatic carbocycles. The van der Waals surface area contributed by atoms with Crippen molar-refractivity contribution in [3.05, 3.63) is 0 Å². The summed E-state index contributed by atoms with van der Waals surface area (Å²) in [4.78, 5) is 22.7. The molecule has 0 aromatic carbocycles. The summed E-state index contributed by atoms with van der Waals surface area (Å²) < 4.78 is 0. The highest BCUT2D eigenvalue weighted by Gasteiger charge is 2.29. The fourth-order valence-electron chi connectivity index (χ4n) is 2.28.